The first-order valence-electron chi connectivity index (χ1n) is 10.7. The molecule has 0 saturated carbocycles. The summed E-state index contributed by atoms with van der Waals surface area (Å²) in [7, 11) is -3.64. The third-order valence-electron chi connectivity index (χ3n) is 6.28. The first-order valence-corrected chi connectivity index (χ1v) is 12.2. The molecule has 3 aromatic rings. The summed E-state index contributed by atoms with van der Waals surface area (Å²) in [5, 5.41) is 0. The van der Waals surface area contributed by atoms with Crippen molar-refractivity contribution in [1.82, 2.24) is 14.5 Å². The molecule has 1 aliphatic carbocycles. The molecule has 7 nitrogen and oxygen atoms in total. The van der Waals surface area contributed by atoms with Gasteiger partial charge in [0, 0.05) is 32.2 Å². The number of nitrogens with one attached hydrogen (secondary N) is 1. The molecular formula is C24H25N3O4S. The number of amides is 1. The van der Waals surface area contributed by atoms with Gasteiger partial charge in [0.15, 0.2) is 5.76 Å². The van der Waals surface area contributed by atoms with E-state index in [2.05, 4.69) is 21.8 Å². The van der Waals surface area contributed by atoms with E-state index in [0.29, 0.717) is 38.4 Å². The van der Waals surface area contributed by atoms with Crippen molar-refractivity contribution >= 4 is 15.9 Å². The number of fused-ring (bicyclic) bond motifs is 1. The van der Waals surface area contributed by atoms with E-state index in [-0.39, 0.29) is 22.9 Å². The van der Waals surface area contributed by atoms with Gasteiger partial charge in [-0.25, -0.2) is 13.1 Å². The lowest BCUT2D eigenvalue weighted by molar-refractivity contribution is 0.0518. The van der Waals surface area contributed by atoms with Crippen LogP contribution in [0, 0.1) is 0 Å². The molecule has 32 heavy (non-hydrogen) atoms. The summed E-state index contributed by atoms with van der Waals surface area (Å²) in [5.41, 5.74) is 2.31. The number of carbonyl (C=O) groups excluding carboxylic acids is 1. The second kappa shape index (κ2) is 8.54. The van der Waals surface area contributed by atoms with Gasteiger partial charge in [-0.3, -0.25) is 9.69 Å². The van der Waals surface area contributed by atoms with Gasteiger partial charge in [0.25, 0.3) is 5.91 Å². The zero-order valence-corrected chi connectivity index (χ0v) is 18.4. The summed E-state index contributed by atoms with van der Waals surface area (Å²) in [4.78, 5) is 17.0. The highest BCUT2D eigenvalue weighted by molar-refractivity contribution is 7.89. The predicted molar refractivity (Wildman–Crippen MR) is 120 cm³/mol. The molecule has 2 heterocycles. The zero-order valence-electron chi connectivity index (χ0n) is 17.6. The largest absolute Gasteiger partial charge is 0.459 e. The monoisotopic (exact) mass is 451 g/mol. The van der Waals surface area contributed by atoms with Crippen LogP contribution in [0.15, 0.2) is 82.3 Å². The highest BCUT2D eigenvalue weighted by Gasteiger charge is 2.40. The molecule has 0 spiro atoms. The van der Waals surface area contributed by atoms with Gasteiger partial charge in [0.1, 0.15) is 0 Å². The molecule has 1 saturated heterocycles. The molecule has 0 unspecified atom stereocenters. The summed E-state index contributed by atoms with van der Waals surface area (Å²) >= 11 is 0. The summed E-state index contributed by atoms with van der Waals surface area (Å²) in [6, 6.07) is 19.6. The van der Waals surface area contributed by atoms with Gasteiger partial charge >= 0.3 is 0 Å². The minimum Gasteiger partial charge on any atom is -0.459 e. The first kappa shape index (κ1) is 20.9. The lowest BCUT2D eigenvalue weighted by Gasteiger charge is -2.40. The Morgan fingerprint density at radius 3 is 2.34 bits per heavy atom. The molecule has 1 fully saturated rings. The molecule has 5 rings (SSSR count). The molecule has 2 atom stereocenters. The second-order valence-electron chi connectivity index (χ2n) is 8.19. The molecule has 0 radical (unpaired) electrons. The topological polar surface area (TPSA) is 82.9 Å². The normalized spacial score (nSPS) is 21.4. The van der Waals surface area contributed by atoms with Crippen LogP contribution in [-0.2, 0) is 16.4 Å². The van der Waals surface area contributed by atoms with Crippen molar-refractivity contribution in [2.75, 3.05) is 26.2 Å². The fourth-order valence-electron chi connectivity index (χ4n) is 4.76. The lowest BCUT2D eigenvalue weighted by atomic mass is 10.0. The van der Waals surface area contributed by atoms with Crippen LogP contribution < -0.4 is 4.72 Å². The molecular weight excluding hydrogens is 426 g/mol. The van der Waals surface area contributed by atoms with Crippen molar-refractivity contribution in [3.63, 3.8) is 0 Å². The van der Waals surface area contributed by atoms with Crippen LogP contribution in [0.1, 0.15) is 27.7 Å². The van der Waals surface area contributed by atoms with E-state index in [1.54, 1.807) is 47.4 Å². The number of benzene rings is 2. The molecule has 2 aromatic carbocycles. The number of hydrogen-bond acceptors (Lipinski definition) is 5. The Kier molecular flexibility index (Phi) is 5.58. The van der Waals surface area contributed by atoms with Gasteiger partial charge in [-0.1, -0.05) is 42.5 Å². The number of sulfonamides is 1. The third kappa shape index (κ3) is 3.97. The Morgan fingerprint density at radius 2 is 1.62 bits per heavy atom. The van der Waals surface area contributed by atoms with Crippen molar-refractivity contribution in [3.8, 4) is 0 Å². The zero-order chi connectivity index (χ0) is 22.1. The summed E-state index contributed by atoms with van der Waals surface area (Å²) in [6.45, 7) is 2.46. The molecule has 1 N–H and O–H groups in total. The van der Waals surface area contributed by atoms with Gasteiger partial charge in [-0.05, 0) is 41.8 Å². The smallest absolute Gasteiger partial charge is 0.289 e. The number of furan rings is 1. The molecule has 1 aliphatic heterocycles. The average molecular weight is 452 g/mol. The van der Waals surface area contributed by atoms with E-state index in [9.17, 15) is 13.2 Å². The Hall–Kier alpha value is -2.94. The van der Waals surface area contributed by atoms with Crippen LogP contribution in [0.4, 0.5) is 0 Å². The maximum absolute atomic E-state index is 13.0. The quantitative estimate of drug-likeness (QED) is 0.645. The van der Waals surface area contributed by atoms with Gasteiger partial charge in [0.2, 0.25) is 10.0 Å². The Bertz CT molecular complexity index is 1190. The molecule has 8 heteroatoms. The molecule has 166 valence electrons. The highest BCUT2D eigenvalue weighted by atomic mass is 32.2. The maximum atomic E-state index is 13.0. The fourth-order valence-corrected chi connectivity index (χ4v) is 6.02. The molecule has 2 aliphatic rings. The van der Waals surface area contributed by atoms with Gasteiger partial charge in [-0.15, -0.1) is 0 Å². The number of carbonyl (C=O) groups is 1. The van der Waals surface area contributed by atoms with Crippen LogP contribution in [0.2, 0.25) is 0 Å². The molecule has 1 aromatic heterocycles. The minimum absolute atomic E-state index is 0.0782. The summed E-state index contributed by atoms with van der Waals surface area (Å²) in [6.07, 6.45) is 2.14. The van der Waals surface area contributed by atoms with E-state index in [1.165, 1.54) is 6.26 Å². The Balaban J connectivity index is 1.35. The highest BCUT2D eigenvalue weighted by Crippen LogP contribution is 2.37. The Labute approximate surface area is 187 Å². The van der Waals surface area contributed by atoms with Gasteiger partial charge < -0.3 is 9.32 Å². The van der Waals surface area contributed by atoms with Crippen molar-refractivity contribution in [3.05, 3.63) is 89.9 Å². The van der Waals surface area contributed by atoms with Crippen molar-refractivity contribution in [1.29, 1.82) is 0 Å². The van der Waals surface area contributed by atoms with E-state index in [1.807, 2.05) is 12.1 Å². The third-order valence-corrected chi connectivity index (χ3v) is 7.79. The minimum atomic E-state index is -3.64. The van der Waals surface area contributed by atoms with E-state index in [4.69, 9.17) is 4.42 Å². The van der Waals surface area contributed by atoms with Crippen LogP contribution in [0.3, 0.4) is 0 Å². The number of nitrogens with zero attached hydrogens (tertiary/aromatic N) is 2. The van der Waals surface area contributed by atoms with E-state index < -0.39 is 10.0 Å². The van der Waals surface area contributed by atoms with Crippen LogP contribution in [-0.4, -0.2) is 56.3 Å². The van der Waals surface area contributed by atoms with Crippen LogP contribution in [0.5, 0.6) is 0 Å². The number of rotatable bonds is 5. The van der Waals surface area contributed by atoms with E-state index in [0.717, 1.165) is 11.1 Å². The van der Waals surface area contributed by atoms with Gasteiger partial charge in [0.05, 0.1) is 17.2 Å². The van der Waals surface area contributed by atoms with E-state index >= 15 is 0 Å². The van der Waals surface area contributed by atoms with Crippen molar-refractivity contribution in [2.24, 2.45) is 0 Å². The van der Waals surface area contributed by atoms with Gasteiger partial charge in [-0.2, -0.15) is 0 Å². The fraction of sp³-hybridized carbons (Fsp3) is 0.292. The molecule has 0 bridgehead atoms. The SMILES string of the molecule is O=C(c1ccco1)N1CCN([C@H]2c3ccccc3C[C@@H]2NS(=O)(=O)c2ccccc2)CC1. The van der Waals surface area contributed by atoms with Crippen molar-refractivity contribution in [2.45, 2.75) is 23.4 Å². The van der Waals surface area contributed by atoms with Crippen molar-refractivity contribution < 1.29 is 17.6 Å². The number of hydrogen-bond donors (Lipinski definition) is 1. The first-order chi connectivity index (χ1) is 15.5. The second-order valence-corrected chi connectivity index (χ2v) is 9.91. The Morgan fingerprint density at radius 1 is 0.906 bits per heavy atom. The lowest BCUT2D eigenvalue weighted by Crippen LogP contribution is -2.53. The summed E-state index contributed by atoms with van der Waals surface area (Å²) < 4.78 is 34.3. The summed E-state index contributed by atoms with van der Waals surface area (Å²) in [5.74, 6) is 0.237. The predicted octanol–water partition coefficient (Wildman–Crippen LogP) is 2.68. The maximum Gasteiger partial charge on any atom is 0.289 e. The number of piperazine rings is 1. The average Bonchev–Trinajstić information content (AvgIpc) is 3.47. The van der Waals surface area contributed by atoms with Crippen LogP contribution >= 0.6 is 0 Å². The van der Waals surface area contributed by atoms with Crippen LogP contribution in [0.25, 0.3) is 0 Å². The standard InChI is InChI=1S/C24H25N3O4S/c28-24(22-11-6-16-31-22)27-14-12-26(13-15-27)23-20-10-5-4-7-18(20)17-21(23)25-32(29,30)19-8-2-1-3-9-19/h1-11,16,21,23,25H,12-15,17H2/t21-,23-/m0/s1. The molecule has 1 amide bonds.